The highest BCUT2D eigenvalue weighted by atomic mass is 16.8. The topological polar surface area (TPSA) is 394 Å². The second-order valence-corrected chi connectivity index (χ2v) is 17.7. The van der Waals surface area contributed by atoms with Gasteiger partial charge >= 0.3 is 96.3 Å². The minimum absolute atomic E-state index is 0.0944. The van der Waals surface area contributed by atoms with Crippen molar-refractivity contribution >= 4 is 126 Å². The second kappa shape index (κ2) is 29.4. The normalized spacial score (nSPS) is 16.8. The molecule has 0 bridgehead atoms. The zero-order chi connectivity index (χ0) is 60.3. The fourth-order valence-corrected chi connectivity index (χ4v) is 4.83. The molecule has 5 heterocycles. The maximum absolute atomic E-state index is 12.4. The van der Waals surface area contributed by atoms with Crippen LogP contribution in [0.3, 0.4) is 0 Å². The number of hydrogen-bond acceptors (Lipinski definition) is 30. The van der Waals surface area contributed by atoms with Gasteiger partial charge in [0.1, 0.15) is 6.29 Å². The predicted molar refractivity (Wildman–Crippen MR) is 254 cm³/mol. The zero-order valence-corrected chi connectivity index (χ0v) is 44.9. The van der Waals surface area contributed by atoms with E-state index in [9.17, 15) is 71.9 Å². The Morgan fingerprint density at radius 3 is 1.03 bits per heavy atom. The van der Waals surface area contributed by atoms with Crippen LogP contribution >= 0.6 is 0 Å². The van der Waals surface area contributed by atoms with E-state index in [1.165, 1.54) is 61.5 Å². The van der Waals surface area contributed by atoms with Crippen LogP contribution in [0.1, 0.15) is 111 Å². The van der Waals surface area contributed by atoms with Gasteiger partial charge in [-0.05, 0) is 69.2 Å². The molecule has 0 aromatic carbocycles. The molecule has 0 aromatic heterocycles. The molecule has 0 saturated carbocycles. The van der Waals surface area contributed by atoms with Gasteiger partial charge in [-0.2, -0.15) is 0 Å². The fourth-order valence-electron chi connectivity index (χ4n) is 4.83. The number of carbonyl (C=O) groups excluding carboxylic acids is 15. The van der Waals surface area contributed by atoms with Crippen molar-refractivity contribution in [1.82, 2.24) is 0 Å². The van der Waals surface area contributed by atoms with Gasteiger partial charge in [0.25, 0.3) is 0 Å². The van der Waals surface area contributed by atoms with Crippen LogP contribution in [-0.4, -0.2) is 126 Å². The SMILES string of the molecule is C/C(C(=O)C(C)(C)C)=C(/OB1OC(=O)C(=O)O1)C(C)(C)C.C/C(C=O)=C(\C)OB1OC(=O)C(=O)O1.CC(=O)/C(C)=C(/C)OB1OC(=O)C(=O)O1.CC(=O)/C(C)=C\OB1OC(=O)C(=O)O1.CC(=O)/C=C(/C)OB1OC(=O)C(=O)O1. The second-order valence-electron chi connectivity index (χ2n) is 17.7. The first kappa shape index (κ1) is 67.1. The number of allylic oxidation sites excluding steroid dienone is 9. The van der Waals surface area contributed by atoms with Gasteiger partial charge in [0.05, 0.1) is 29.3 Å². The Kier molecular flexibility index (Phi) is 25.3. The van der Waals surface area contributed by atoms with Gasteiger partial charge in [-0.25, -0.2) is 47.9 Å². The Balaban J connectivity index is 0.000000492. The van der Waals surface area contributed by atoms with Crippen molar-refractivity contribution in [3.8, 4) is 0 Å². The summed E-state index contributed by atoms with van der Waals surface area (Å²) in [7, 11) is -6.99. The lowest BCUT2D eigenvalue weighted by Gasteiger charge is -2.28. The molecular weight excluding hydrogens is 1050 g/mol. The third-order valence-corrected chi connectivity index (χ3v) is 9.06. The van der Waals surface area contributed by atoms with Crippen LogP contribution in [0.5, 0.6) is 0 Å². The first-order chi connectivity index (χ1) is 35.8. The summed E-state index contributed by atoms with van der Waals surface area (Å²) in [6.45, 7) is 25.7. The van der Waals surface area contributed by atoms with Crippen LogP contribution in [0.15, 0.2) is 57.7 Å². The van der Waals surface area contributed by atoms with Gasteiger partial charge in [-0.1, -0.05) is 41.5 Å². The molecule has 5 aliphatic heterocycles. The summed E-state index contributed by atoms with van der Waals surface area (Å²) >= 11 is 0. The summed E-state index contributed by atoms with van der Waals surface area (Å²) in [5.41, 5.74) is 0.329. The van der Waals surface area contributed by atoms with Gasteiger partial charge in [-0.3, -0.25) is 24.0 Å². The van der Waals surface area contributed by atoms with Crippen molar-refractivity contribution in [3.05, 3.63) is 57.7 Å². The molecule has 0 aliphatic carbocycles. The molecular formula is C43H51B5O30. The molecule has 0 unspecified atom stereocenters. The van der Waals surface area contributed by atoms with Crippen molar-refractivity contribution < 1.29 is 142 Å². The predicted octanol–water partition coefficient (Wildman–Crippen LogP) is 0.736. The Morgan fingerprint density at radius 2 is 0.731 bits per heavy atom. The minimum atomic E-state index is -1.44. The Hall–Kier alpha value is -8.93. The molecule has 0 N–H and O–H groups in total. The molecule has 5 rings (SSSR count). The highest BCUT2D eigenvalue weighted by Gasteiger charge is 2.50. The minimum Gasteiger partial charge on any atom is -0.496 e. The summed E-state index contributed by atoms with van der Waals surface area (Å²) in [5, 5.41) is 0. The molecule has 0 aromatic rings. The van der Waals surface area contributed by atoms with Gasteiger partial charge in [0, 0.05) is 39.2 Å². The van der Waals surface area contributed by atoms with E-state index in [0.717, 1.165) is 6.26 Å². The maximum atomic E-state index is 12.4. The monoisotopic (exact) mass is 1100 g/mol. The summed E-state index contributed by atoms with van der Waals surface area (Å²) in [4.78, 5) is 161. The first-order valence-electron chi connectivity index (χ1n) is 22.1. The molecule has 30 nitrogen and oxygen atoms in total. The zero-order valence-electron chi connectivity index (χ0n) is 44.9. The first-order valence-corrected chi connectivity index (χ1v) is 22.1. The van der Waals surface area contributed by atoms with E-state index >= 15 is 0 Å². The van der Waals surface area contributed by atoms with E-state index in [0.29, 0.717) is 34.3 Å². The van der Waals surface area contributed by atoms with Crippen molar-refractivity contribution in [3.63, 3.8) is 0 Å². The smallest absolute Gasteiger partial charge is 0.496 e. The maximum Gasteiger partial charge on any atom is 0.868 e. The Labute approximate surface area is 445 Å². The molecule has 0 spiro atoms. The summed E-state index contributed by atoms with van der Waals surface area (Å²) in [6, 6.07) is 0. The average Bonchev–Trinajstić information content (AvgIpc) is 4.10. The van der Waals surface area contributed by atoms with E-state index in [2.05, 4.69) is 46.5 Å². The van der Waals surface area contributed by atoms with E-state index in [-0.39, 0.29) is 40.4 Å². The van der Waals surface area contributed by atoms with Crippen LogP contribution < -0.4 is 0 Å². The molecule has 78 heavy (non-hydrogen) atoms. The van der Waals surface area contributed by atoms with Crippen LogP contribution in [0, 0.1) is 10.8 Å². The van der Waals surface area contributed by atoms with E-state index in [1.807, 2.05) is 20.8 Å². The standard InChI is InChI=1S/C14H21BO6.C8H9BO6.3C7H7BO6/c1-8(9(16)13(2,3)4)10(14(5,6)7)19-15-20-11(17)12(18)21-15;1-4(5(2)10)6(3)13-9-14-7(11)8(12)15-9;1-4(5(2)9)3-12-8-13-6(10)7(11)14-8;1-4(3-9)5(2)12-8-13-6(10)7(11)14-8;1-4(9)3-5(2)12-8-13-6(10)7(11)14-8/h1-7H3;1-3H3;3*3H,1-2H3/b10-8-;6-4-;4-3-;5-4-;5-3-. The fraction of sp³-hybridized carbons (Fsp3) is 0.419. The van der Waals surface area contributed by atoms with Crippen molar-refractivity contribution in [2.45, 2.75) is 111 Å². The number of Topliss-reactive ketones (excluding diaryl/α,β-unsaturated/α-hetero) is 3. The molecule has 0 atom stereocenters. The van der Waals surface area contributed by atoms with Crippen LogP contribution in [-0.2, 0) is 142 Å². The highest BCUT2D eigenvalue weighted by Crippen LogP contribution is 2.33. The molecule has 5 saturated heterocycles. The molecule has 0 amide bonds. The summed E-state index contributed by atoms with van der Waals surface area (Å²) in [6.07, 6.45) is 2.83. The van der Waals surface area contributed by atoms with Crippen LogP contribution in [0.2, 0.25) is 0 Å². The number of aldehydes is 1. The number of carbonyl (C=O) groups is 15. The third-order valence-electron chi connectivity index (χ3n) is 9.06. The largest absolute Gasteiger partial charge is 0.868 e. The lowest BCUT2D eigenvalue weighted by Crippen LogP contribution is -2.30. The molecule has 35 heteroatoms. The lowest BCUT2D eigenvalue weighted by atomic mass is 9.82. The van der Waals surface area contributed by atoms with Crippen molar-refractivity contribution in [2.24, 2.45) is 10.8 Å². The number of ketones is 4. The molecule has 418 valence electrons. The quantitative estimate of drug-likeness (QED) is 0.0717. The molecule has 5 aliphatic rings. The van der Waals surface area contributed by atoms with Crippen molar-refractivity contribution in [1.29, 1.82) is 0 Å². The van der Waals surface area contributed by atoms with Gasteiger partial charge in [-0.15, -0.1) is 0 Å². The summed E-state index contributed by atoms with van der Waals surface area (Å²) in [5.74, 6) is -10.7. The van der Waals surface area contributed by atoms with Gasteiger partial charge < -0.3 is 69.8 Å². The van der Waals surface area contributed by atoms with E-state index in [4.69, 9.17) is 23.3 Å². The van der Waals surface area contributed by atoms with Gasteiger partial charge in [0.15, 0.2) is 23.1 Å². The van der Waals surface area contributed by atoms with Gasteiger partial charge in [0.2, 0.25) is 0 Å². The molecule has 0 radical (unpaired) electrons. The Bertz CT molecular complexity index is 2570. The average molecular weight is 1100 g/mol. The van der Waals surface area contributed by atoms with E-state index < -0.39 is 107 Å². The molecule has 5 fully saturated rings. The Morgan fingerprint density at radius 1 is 0.410 bits per heavy atom. The van der Waals surface area contributed by atoms with Crippen LogP contribution in [0.25, 0.3) is 0 Å². The number of rotatable bonds is 15. The van der Waals surface area contributed by atoms with E-state index in [1.54, 1.807) is 34.6 Å². The summed E-state index contributed by atoms with van der Waals surface area (Å²) < 4.78 is 68.9. The highest BCUT2D eigenvalue weighted by molar-refractivity contribution is 6.58. The van der Waals surface area contributed by atoms with Crippen LogP contribution in [0.4, 0.5) is 0 Å². The number of hydrogen-bond donors (Lipinski definition) is 0. The van der Waals surface area contributed by atoms with Crippen molar-refractivity contribution in [2.75, 3.05) is 0 Å². The third kappa shape index (κ3) is 22.5. The lowest BCUT2D eigenvalue weighted by molar-refractivity contribution is -0.150.